The molecule has 0 spiro atoms. The Morgan fingerprint density at radius 3 is 1.04 bits per heavy atom. The molecule has 0 radical (unpaired) electrons. The first-order valence-electron chi connectivity index (χ1n) is 49.5. The molecule has 6 heteroatoms. The highest BCUT2D eigenvalue weighted by Gasteiger charge is 2.52. The quantitative estimate of drug-likeness (QED) is 0.165. The summed E-state index contributed by atoms with van der Waals surface area (Å²) in [7, 11) is 8.85. The second-order valence-corrected chi connectivity index (χ2v) is 40.7. The summed E-state index contributed by atoms with van der Waals surface area (Å²) in [6, 6.07) is 132. The minimum Gasteiger partial charge on any atom is -0.437 e. The molecule has 0 amide bonds. The van der Waals surface area contributed by atoms with E-state index in [9.17, 15) is 0 Å². The molecule has 664 valence electrons. The van der Waals surface area contributed by atoms with Crippen LogP contribution in [0.1, 0.15) is 226 Å². The van der Waals surface area contributed by atoms with E-state index in [0.717, 1.165) is 27.6 Å². The molecule has 8 unspecified atom stereocenters. The Bertz CT molecular complexity index is 9130. The monoisotopic (exact) mass is 1790 g/mol. The summed E-state index contributed by atoms with van der Waals surface area (Å²) in [5.41, 5.74) is 57.4. The Morgan fingerprint density at radius 1 is 0.245 bits per heavy atom. The summed E-state index contributed by atoms with van der Waals surface area (Å²) >= 11 is 0. The average Bonchev–Trinajstić information content (AvgIpc) is 0.917. The molecule has 8 atom stereocenters. The minimum atomic E-state index is 0.181. The van der Waals surface area contributed by atoms with Gasteiger partial charge >= 0.3 is 0 Å². The molecule has 0 saturated carbocycles. The summed E-state index contributed by atoms with van der Waals surface area (Å²) in [6.45, 7) is 17.7. The summed E-state index contributed by atoms with van der Waals surface area (Å²) in [6.07, 6.45) is 6.87. The van der Waals surface area contributed by atoms with Crippen molar-refractivity contribution in [2.24, 2.45) is 28.2 Å². The summed E-state index contributed by atoms with van der Waals surface area (Å²) < 4.78 is 16.0. The maximum Gasteiger partial charge on any atom is 0.227 e. The van der Waals surface area contributed by atoms with Crippen LogP contribution in [0.4, 0.5) is 0 Å². The van der Waals surface area contributed by atoms with Crippen LogP contribution in [0.2, 0.25) is 0 Å². The zero-order valence-electron chi connectivity index (χ0n) is 80.5. The van der Waals surface area contributed by atoms with Crippen molar-refractivity contribution < 1.29 is 22.7 Å². The molecule has 6 aromatic heterocycles. The van der Waals surface area contributed by atoms with E-state index in [2.05, 4.69) is 465 Å². The van der Waals surface area contributed by atoms with Crippen LogP contribution >= 0.6 is 0 Å². The van der Waals surface area contributed by atoms with Crippen LogP contribution in [0.5, 0.6) is 0 Å². The summed E-state index contributed by atoms with van der Waals surface area (Å²) in [5, 5.41) is 12.8. The number of hydrogen-bond donors (Lipinski definition) is 0. The molecule has 22 aromatic rings. The lowest BCUT2D eigenvalue weighted by Gasteiger charge is -2.43. The Labute approximate surface area is 811 Å². The molecule has 6 nitrogen and oxygen atoms in total. The highest BCUT2D eigenvalue weighted by atomic mass is 16.3. The summed E-state index contributed by atoms with van der Waals surface area (Å²) in [4.78, 5) is 4.70. The van der Waals surface area contributed by atoms with Gasteiger partial charge < -0.3 is 4.42 Å². The molecule has 0 saturated heterocycles. The zero-order valence-corrected chi connectivity index (χ0v) is 80.5. The maximum absolute atomic E-state index is 6.50. The number of furan rings is 1. The number of nitrogens with zero attached hydrogens (tertiary/aromatic N) is 5. The largest absolute Gasteiger partial charge is 0.437 e. The number of pyridine rings is 5. The molecule has 34 rings (SSSR count). The van der Waals surface area contributed by atoms with Gasteiger partial charge in [0.15, 0.2) is 29.9 Å². The number of aryl methyl sites for hydroxylation is 10. The minimum absolute atomic E-state index is 0.181. The van der Waals surface area contributed by atoms with Crippen molar-refractivity contribution in [2.75, 3.05) is 0 Å². The number of hydrogen-bond acceptors (Lipinski definition) is 2. The van der Waals surface area contributed by atoms with Crippen molar-refractivity contribution in [3.05, 3.63) is 549 Å². The highest BCUT2D eigenvalue weighted by Crippen LogP contribution is 2.64. The van der Waals surface area contributed by atoms with E-state index in [1.165, 1.54) is 255 Å². The Morgan fingerprint density at radius 2 is 0.597 bits per heavy atom. The van der Waals surface area contributed by atoms with Gasteiger partial charge in [0.2, 0.25) is 28.5 Å². The van der Waals surface area contributed by atoms with Gasteiger partial charge in [0.1, 0.15) is 28.2 Å². The Hall–Kier alpha value is -15.9. The topological polar surface area (TPSA) is 41.6 Å². The molecule has 12 aliphatic carbocycles. The van der Waals surface area contributed by atoms with Crippen LogP contribution in [-0.4, -0.2) is 4.98 Å². The first-order chi connectivity index (χ1) is 68.0. The molecule has 16 aromatic carbocycles. The van der Waals surface area contributed by atoms with Crippen LogP contribution in [0.15, 0.2) is 375 Å². The van der Waals surface area contributed by atoms with Crippen LogP contribution in [0.25, 0.3) is 110 Å². The van der Waals surface area contributed by atoms with Gasteiger partial charge in [-0.3, -0.25) is 0 Å². The third kappa shape index (κ3) is 12.3. The van der Waals surface area contributed by atoms with Gasteiger partial charge in [-0.25, -0.2) is 18.7 Å². The van der Waals surface area contributed by atoms with E-state index in [1.54, 1.807) is 0 Å². The lowest BCUT2D eigenvalue weighted by Crippen LogP contribution is -2.44. The van der Waals surface area contributed by atoms with E-state index in [-0.39, 0.29) is 47.3 Å². The predicted octanol–water partition coefficient (Wildman–Crippen LogP) is 29.0. The van der Waals surface area contributed by atoms with Crippen LogP contribution in [0.3, 0.4) is 0 Å². The number of benzene rings is 16. The third-order valence-corrected chi connectivity index (χ3v) is 33.0. The maximum atomic E-state index is 6.50. The van der Waals surface area contributed by atoms with Gasteiger partial charge in [-0.05, 0) is 317 Å². The van der Waals surface area contributed by atoms with Crippen LogP contribution in [-0.2, 0) is 28.2 Å². The van der Waals surface area contributed by atoms with Gasteiger partial charge in [-0.1, -0.05) is 254 Å². The highest BCUT2D eigenvalue weighted by molar-refractivity contribution is 6.09. The molecule has 0 aliphatic heterocycles. The van der Waals surface area contributed by atoms with Gasteiger partial charge in [0, 0.05) is 121 Å². The lowest BCUT2D eigenvalue weighted by molar-refractivity contribution is -0.669. The zero-order chi connectivity index (χ0) is 93.5. The van der Waals surface area contributed by atoms with E-state index < -0.39 is 0 Å². The van der Waals surface area contributed by atoms with Crippen molar-refractivity contribution in [3.63, 3.8) is 0 Å². The first-order valence-corrected chi connectivity index (χ1v) is 49.5. The molecule has 12 aliphatic rings. The third-order valence-electron chi connectivity index (χ3n) is 33.0. The van der Waals surface area contributed by atoms with Gasteiger partial charge in [0.25, 0.3) is 0 Å². The van der Waals surface area contributed by atoms with E-state index in [0.29, 0.717) is 5.71 Å². The number of rotatable bonds is 4. The molecule has 0 fully saturated rings. The predicted molar refractivity (Wildman–Crippen MR) is 564 cm³/mol. The van der Waals surface area contributed by atoms with Crippen LogP contribution in [0, 0.1) is 55.4 Å². The van der Waals surface area contributed by atoms with E-state index in [4.69, 9.17) is 9.40 Å². The van der Waals surface area contributed by atoms with E-state index in [1.807, 2.05) is 6.92 Å². The fourth-order valence-corrected chi connectivity index (χ4v) is 27.0. The number of fused-ring (bicyclic) bond motifs is 7. The van der Waals surface area contributed by atoms with Crippen molar-refractivity contribution in [1.82, 2.24) is 4.98 Å². The van der Waals surface area contributed by atoms with E-state index >= 15 is 0 Å². The van der Waals surface area contributed by atoms with Crippen molar-refractivity contribution >= 4 is 65.2 Å². The Kier molecular flexibility index (Phi) is 18.6. The second kappa shape index (κ2) is 31.3. The number of aromatic nitrogens is 5. The van der Waals surface area contributed by atoms with Gasteiger partial charge in [-0.15, -0.1) is 0 Å². The molecule has 8 bridgehead atoms. The second-order valence-electron chi connectivity index (χ2n) is 40.7. The molecule has 6 heterocycles. The SMILES string of the molecule is Cc1cc(C)c(C)c(-c2c3c(cc[n+]2C)C2c4ccccc4C3c3cc4ccccc4cc32)c1.Cc1ccc2c(n1)oc1c(-c3ccc4c([n+]3C)C3c5ccccc5C4c4cc5ccccc5cc43)c(C)ccc12.Cc1ccccc1-c1c2c(c(C)c[n+]1C)C1c3ccccc3C2c2cc3ccccc3cc21.Cc1ccccc1-c1c2c(cc[n+]1C)C1c3ccccc3C2c2cc3ccccc3cc21. The molecule has 0 N–H and O–H groups in total. The van der Waals surface area contributed by atoms with Gasteiger partial charge in [0.05, 0.1) is 11.5 Å². The van der Waals surface area contributed by atoms with Gasteiger partial charge in [-0.2, -0.15) is 4.57 Å². The van der Waals surface area contributed by atoms with Crippen LogP contribution < -0.4 is 18.3 Å². The van der Waals surface area contributed by atoms with Crippen molar-refractivity contribution in [2.45, 2.75) is 103 Å². The lowest BCUT2D eigenvalue weighted by atomic mass is 9.59. The Balaban J connectivity index is 0.0000000936. The summed E-state index contributed by atoms with van der Waals surface area (Å²) in [5.74, 6) is 2.01. The molecule has 139 heavy (non-hydrogen) atoms. The fraction of sp³-hybridized carbons (Fsp3) is 0.150. The fourth-order valence-electron chi connectivity index (χ4n) is 27.0. The van der Waals surface area contributed by atoms with Crippen molar-refractivity contribution in [1.29, 1.82) is 0 Å². The first kappa shape index (κ1) is 82.6. The normalized spacial score (nSPS) is 17.4. The average molecular weight is 1790 g/mol. The smallest absolute Gasteiger partial charge is 0.227 e. The molecular weight excluding hydrogens is 1680 g/mol. The standard InChI is InChI=1S/C37H27N2O.C33H28N.C32H26N.C31H24N/c1-20-12-14-26-27-15-13-21(2)38-37(27)40-36(26)32(20)31-17-16-28-33-24-10-6-7-11-25(24)34(35(28)39(31)3)30-19-23-9-5-4-8-22(23)18-29(30)33;1-19-15-20(2)21(3)27(16-19)33-32-26(13-14-34(33)4)30-24-11-7-8-12-25(24)31(32)29-18-23-10-6-5-9-22(23)17-28(29)30;1-19-10-4-7-13-23(19)32-31-28(20(2)18-33(32)3)29-24-14-8-9-15-25(24)30(31)27-17-22-12-6-5-11-21(22)16-26(27)29;1-19-9-3-6-12-22(19)31-30-25(15-16-32(31)2)28-23-13-7-8-14-24(23)29(30)27-18-21-11-5-4-10-20(21)17-26(27)28/h4-19,33-34H,1-3H3;5-18,30-31H,1-4H3;4-18,29-30H,1-3H3;3-18,28-29H,1-2H3/q4*+1. The molecular formula is C133H105N5O+4. The van der Waals surface area contributed by atoms with Crippen molar-refractivity contribution in [3.8, 4) is 45.0 Å².